The van der Waals surface area contributed by atoms with E-state index < -0.39 is 0 Å². The van der Waals surface area contributed by atoms with E-state index in [4.69, 9.17) is 14.2 Å². The maximum Gasteiger partial charge on any atom is 0.175 e. The lowest BCUT2D eigenvalue weighted by Gasteiger charge is -2.16. The van der Waals surface area contributed by atoms with Crippen molar-refractivity contribution in [3.8, 4) is 11.5 Å². The summed E-state index contributed by atoms with van der Waals surface area (Å²) in [4.78, 5) is 0. The third-order valence-corrected chi connectivity index (χ3v) is 4.87. The fraction of sp³-hybridized carbons (Fsp3) is 0.478. The van der Waals surface area contributed by atoms with Crippen molar-refractivity contribution in [2.75, 3.05) is 19.8 Å². The Labute approximate surface area is 177 Å². The average Bonchev–Trinajstić information content (AvgIpc) is 2.65. The first kappa shape index (κ1) is 22.7. The topological polar surface area (TPSA) is 39.7 Å². The third-order valence-electron chi connectivity index (χ3n) is 4.28. The molecular weight excluding hydrogens is 418 g/mol. The van der Waals surface area contributed by atoms with Crippen LogP contribution in [0, 0.1) is 6.92 Å². The molecule has 0 aliphatic carbocycles. The highest BCUT2D eigenvalue weighted by Gasteiger charge is 2.13. The first-order chi connectivity index (χ1) is 13.5. The molecule has 0 amide bonds. The summed E-state index contributed by atoms with van der Waals surface area (Å²) in [5.74, 6) is 1.52. The predicted molar refractivity (Wildman–Crippen MR) is 118 cm³/mol. The smallest absolute Gasteiger partial charge is 0.175 e. The third kappa shape index (κ3) is 7.46. The second-order valence-electron chi connectivity index (χ2n) is 7.00. The minimum Gasteiger partial charge on any atom is -0.490 e. The number of hydrogen-bond acceptors (Lipinski definition) is 4. The predicted octanol–water partition coefficient (Wildman–Crippen LogP) is 5.64. The van der Waals surface area contributed by atoms with Crippen molar-refractivity contribution in [2.24, 2.45) is 0 Å². The van der Waals surface area contributed by atoms with Gasteiger partial charge >= 0.3 is 0 Å². The molecule has 0 aromatic heterocycles. The van der Waals surface area contributed by atoms with E-state index in [9.17, 15) is 0 Å². The first-order valence-electron chi connectivity index (χ1n) is 9.96. The number of benzene rings is 2. The Hall–Kier alpha value is -1.56. The van der Waals surface area contributed by atoms with Crippen LogP contribution in [0.25, 0.3) is 0 Å². The van der Waals surface area contributed by atoms with Gasteiger partial charge in [0.05, 0.1) is 17.2 Å². The molecule has 0 aliphatic rings. The molecule has 1 N–H and O–H groups in total. The molecule has 2 aromatic carbocycles. The van der Waals surface area contributed by atoms with Gasteiger partial charge in [0.15, 0.2) is 11.5 Å². The van der Waals surface area contributed by atoms with Crippen LogP contribution in [0.2, 0.25) is 0 Å². The summed E-state index contributed by atoms with van der Waals surface area (Å²) in [7, 11) is 0. The lowest BCUT2D eigenvalue weighted by Crippen LogP contribution is -2.17. The normalized spacial score (nSPS) is 11.1. The average molecular weight is 450 g/mol. The molecule has 0 heterocycles. The summed E-state index contributed by atoms with van der Waals surface area (Å²) in [5.41, 5.74) is 3.55. The van der Waals surface area contributed by atoms with Gasteiger partial charge in [-0.1, -0.05) is 24.3 Å². The molecule has 0 unspecified atom stereocenters. The fourth-order valence-electron chi connectivity index (χ4n) is 2.80. The minimum atomic E-state index is 0.289. The standard InChI is InChI=1S/C23H32BrNO3/c1-5-26-22-14-19(15-25-11-8-12-27-17(2)3)13-21(24)23(22)28-16-20-10-7-6-9-18(20)4/h6-7,9-10,13-14,17,25H,5,8,11-12,15-16H2,1-4H3. The Morgan fingerprint density at radius 3 is 2.61 bits per heavy atom. The van der Waals surface area contributed by atoms with Crippen LogP contribution >= 0.6 is 15.9 Å². The Balaban J connectivity index is 1.97. The second-order valence-corrected chi connectivity index (χ2v) is 7.86. The van der Waals surface area contributed by atoms with E-state index in [-0.39, 0.29) is 6.10 Å². The molecule has 2 aromatic rings. The van der Waals surface area contributed by atoms with Crippen molar-refractivity contribution in [1.29, 1.82) is 0 Å². The zero-order valence-corrected chi connectivity index (χ0v) is 19.0. The van der Waals surface area contributed by atoms with Crippen molar-refractivity contribution in [1.82, 2.24) is 5.32 Å². The van der Waals surface area contributed by atoms with Gasteiger partial charge in [-0.25, -0.2) is 0 Å². The highest BCUT2D eigenvalue weighted by atomic mass is 79.9. The maximum absolute atomic E-state index is 6.11. The molecule has 0 aliphatic heterocycles. The van der Waals surface area contributed by atoms with Crippen LogP contribution in [0.15, 0.2) is 40.9 Å². The van der Waals surface area contributed by atoms with Crippen molar-refractivity contribution < 1.29 is 14.2 Å². The largest absolute Gasteiger partial charge is 0.490 e. The fourth-order valence-corrected chi connectivity index (χ4v) is 3.40. The highest BCUT2D eigenvalue weighted by molar-refractivity contribution is 9.10. The summed E-state index contributed by atoms with van der Waals surface area (Å²) in [6, 6.07) is 12.4. The van der Waals surface area contributed by atoms with Crippen LogP contribution in [0.1, 0.15) is 43.9 Å². The van der Waals surface area contributed by atoms with Crippen LogP contribution < -0.4 is 14.8 Å². The Kier molecular flexibility index (Phi) is 9.82. The van der Waals surface area contributed by atoms with Crippen molar-refractivity contribution in [2.45, 2.75) is 53.4 Å². The SMILES string of the molecule is CCOc1cc(CNCCCOC(C)C)cc(Br)c1OCc1ccccc1C. The molecule has 0 saturated carbocycles. The van der Waals surface area contributed by atoms with Crippen LogP contribution in [0.5, 0.6) is 11.5 Å². The molecule has 0 fully saturated rings. The van der Waals surface area contributed by atoms with E-state index in [1.54, 1.807) is 0 Å². The number of ether oxygens (including phenoxy) is 3. The Bertz CT molecular complexity index is 734. The van der Waals surface area contributed by atoms with E-state index in [1.807, 2.05) is 19.1 Å². The number of halogens is 1. The molecular formula is C23H32BrNO3. The molecule has 2 rings (SSSR count). The number of rotatable bonds is 12. The molecule has 154 valence electrons. The van der Waals surface area contributed by atoms with Gasteiger partial charge in [0.1, 0.15) is 6.61 Å². The zero-order valence-electron chi connectivity index (χ0n) is 17.4. The second kappa shape index (κ2) is 12.1. The summed E-state index contributed by atoms with van der Waals surface area (Å²) < 4.78 is 18.4. The monoisotopic (exact) mass is 449 g/mol. The summed E-state index contributed by atoms with van der Waals surface area (Å²) in [6.07, 6.45) is 1.28. The molecule has 5 heteroatoms. The molecule has 0 bridgehead atoms. The zero-order chi connectivity index (χ0) is 20.4. The van der Waals surface area contributed by atoms with E-state index in [0.717, 1.165) is 47.7 Å². The van der Waals surface area contributed by atoms with E-state index >= 15 is 0 Å². The van der Waals surface area contributed by atoms with E-state index in [2.05, 4.69) is 66.3 Å². The number of aryl methyl sites for hydroxylation is 1. The van der Waals surface area contributed by atoms with Crippen LogP contribution in [-0.4, -0.2) is 25.9 Å². The van der Waals surface area contributed by atoms with Gasteiger partial charge in [-0.3, -0.25) is 0 Å². The number of nitrogens with one attached hydrogen (secondary N) is 1. The Morgan fingerprint density at radius 2 is 1.89 bits per heavy atom. The highest BCUT2D eigenvalue weighted by Crippen LogP contribution is 2.37. The van der Waals surface area contributed by atoms with Gasteiger partial charge < -0.3 is 19.5 Å². The first-order valence-corrected chi connectivity index (χ1v) is 10.8. The quantitative estimate of drug-likeness (QED) is 0.425. The molecule has 28 heavy (non-hydrogen) atoms. The van der Waals surface area contributed by atoms with Gasteiger partial charge in [-0.05, 0) is 85.4 Å². The van der Waals surface area contributed by atoms with Crippen molar-refractivity contribution in [3.63, 3.8) is 0 Å². The summed E-state index contributed by atoms with van der Waals surface area (Å²) in [6.45, 7) is 11.8. The van der Waals surface area contributed by atoms with Gasteiger partial charge in [-0.2, -0.15) is 0 Å². The lowest BCUT2D eigenvalue weighted by atomic mass is 10.1. The minimum absolute atomic E-state index is 0.289. The maximum atomic E-state index is 6.11. The number of hydrogen-bond donors (Lipinski definition) is 1. The van der Waals surface area contributed by atoms with Crippen molar-refractivity contribution in [3.05, 3.63) is 57.6 Å². The molecule has 0 spiro atoms. The van der Waals surface area contributed by atoms with E-state index in [0.29, 0.717) is 13.2 Å². The van der Waals surface area contributed by atoms with Crippen molar-refractivity contribution >= 4 is 15.9 Å². The lowest BCUT2D eigenvalue weighted by molar-refractivity contribution is 0.0770. The van der Waals surface area contributed by atoms with E-state index in [1.165, 1.54) is 11.1 Å². The van der Waals surface area contributed by atoms with Crippen LogP contribution in [0.4, 0.5) is 0 Å². The molecule has 0 atom stereocenters. The van der Waals surface area contributed by atoms with Crippen LogP contribution in [0.3, 0.4) is 0 Å². The van der Waals surface area contributed by atoms with Gasteiger partial charge in [0.2, 0.25) is 0 Å². The van der Waals surface area contributed by atoms with Gasteiger partial charge in [0.25, 0.3) is 0 Å². The van der Waals surface area contributed by atoms with Crippen LogP contribution in [-0.2, 0) is 17.9 Å². The molecule has 0 saturated heterocycles. The van der Waals surface area contributed by atoms with Gasteiger partial charge in [-0.15, -0.1) is 0 Å². The molecule has 4 nitrogen and oxygen atoms in total. The Morgan fingerprint density at radius 1 is 1.11 bits per heavy atom. The molecule has 0 radical (unpaired) electrons. The summed E-state index contributed by atoms with van der Waals surface area (Å²) in [5, 5.41) is 3.46. The van der Waals surface area contributed by atoms with Gasteiger partial charge in [0, 0.05) is 13.2 Å². The summed E-state index contributed by atoms with van der Waals surface area (Å²) >= 11 is 3.66.